The fourth-order valence-electron chi connectivity index (χ4n) is 1.41. The lowest BCUT2D eigenvalue weighted by Crippen LogP contribution is -2.39. The van der Waals surface area contributed by atoms with Crippen LogP contribution >= 0.6 is 11.6 Å². The topological polar surface area (TPSA) is 24.9 Å². The predicted molar refractivity (Wildman–Crippen MR) is 69.7 cm³/mol. The first-order valence-corrected chi connectivity index (χ1v) is 6.06. The zero-order valence-electron chi connectivity index (χ0n) is 10.7. The number of rotatable bonds is 3. The van der Waals surface area contributed by atoms with Crippen molar-refractivity contribution < 1.29 is 0 Å². The molecule has 1 aromatic heterocycles. The van der Waals surface area contributed by atoms with Crippen LogP contribution in [0.5, 0.6) is 0 Å². The van der Waals surface area contributed by atoms with Gasteiger partial charge in [0.1, 0.15) is 5.15 Å². The molecule has 1 N–H and O–H groups in total. The summed E-state index contributed by atoms with van der Waals surface area (Å²) in [6.45, 7) is 11.1. The highest BCUT2D eigenvalue weighted by atomic mass is 35.5. The highest BCUT2D eigenvalue weighted by molar-refractivity contribution is 6.29. The number of pyridine rings is 1. The van der Waals surface area contributed by atoms with Gasteiger partial charge in [0.25, 0.3) is 0 Å². The maximum absolute atomic E-state index is 5.88. The Morgan fingerprint density at radius 3 is 2.44 bits per heavy atom. The van der Waals surface area contributed by atoms with Crippen molar-refractivity contribution in [2.75, 3.05) is 0 Å². The van der Waals surface area contributed by atoms with Crippen molar-refractivity contribution in [3.8, 4) is 0 Å². The van der Waals surface area contributed by atoms with Crippen LogP contribution in [-0.2, 0) is 0 Å². The van der Waals surface area contributed by atoms with Gasteiger partial charge in [-0.05, 0) is 37.0 Å². The van der Waals surface area contributed by atoms with Gasteiger partial charge >= 0.3 is 0 Å². The first-order valence-electron chi connectivity index (χ1n) is 5.68. The van der Waals surface area contributed by atoms with Gasteiger partial charge in [-0.3, -0.25) is 0 Å². The van der Waals surface area contributed by atoms with Gasteiger partial charge in [0, 0.05) is 18.3 Å². The summed E-state index contributed by atoms with van der Waals surface area (Å²) in [7, 11) is 0. The monoisotopic (exact) mass is 240 g/mol. The minimum absolute atomic E-state index is 0.255. The van der Waals surface area contributed by atoms with Crippen molar-refractivity contribution in [1.29, 1.82) is 0 Å². The molecule has 0 radical (unpaired) electrons. The van der Waals surface area contributed by atoms with Crippen LogP contribution in [0.2, 0.25) is 5.15 Å². The van der Waals surface area contributed by atoms with E-state index in [9.17, 15) is 0 Å². The van der Waals surface area contributed by atoms with E-state index in [4.69, 9.17) is 11.6 Å². The molecule has 0 fully saturated rings. The Morgan fingerprint density at radius 2 is 1.94 bits per heavy atom. The largest absolute Gasteiger partial charge is 0.307 e. The van der Waals surface area contributed by atoms with Crippen LogP contribution in [0.25, 0.3) is 0 Å². The average molecular weight is 241 g/mol. The zero-order chi connectivity index (χ0) is 12.3. The van der Waals surface area contributed by atoms with Crippen LogP contribution in [0.3, 0.4) is 0 Å². The van der Waals surface area contributed by atoms with E-state index in [1.165, 1.54) is 5.56 Å². The molecule has 1 heterocycles. The lowest BCUT2D eigenvalue weighted by atomic mass is 9.87. The Morgan fingerprint density at radius 1 is 1.31 bits per heavy atom. The average Bonchev–Trinajstić information content (AvgIpc) is 2.16. The standard InChI is InChI=1S/C13H21ClN2/c1-9(16-10(2)13(3,4)5)11-6-7-15-12(14)8-11/h6-10,16H,1-5H3. The van der Waals surface area contributed by atoms with E-state index in [1.54, 1.807) is 6.20 Å². The van der Waals surface area contributed by atoms with Crippen molar-refractivity contribution in [1.82, 2.24) is 10.3 Å². The van der Waals surface area contributed by atoms with Crippen molar-refractivity contribution >= 4 is 11.6 Å². The van der Waals surface area contributed by atoms with E-state index in [0.29, 0.717) is 11.2 Å². The van der Waals surface area contributed by atoms with Crippen LogP contribution in [0.4, 0.5) is 0 Å². The number of halogens is 1. The Kier molecular flexibility index (Phi) is 4.34. The summed E-state index contributed by atoms with van der Waals surface area (Å²) in [6.07, 6.45) is 1.75. The summed E-state index contributed by atoms with van der Waals surface area (Å²) in [5.74, 6) is 0. The van der Waals surface area contributed by atoms with E-state index >= 15 is 0 Å². The summed E-state index contributed by atoms with van der Waals surface area (Å²) in [6, 6.07) is 4.64. The van der Waals surface area contributed by atoms with E-state index in [0.717, 1.165) is 0 Å². The quantitative estimate of drug-likeness (QED) is 0.813. The van der Waals surface area contributed by atoms with Gasteiger partial charge in [-0.25, -0.2) is 4.98 Å². The highest BCUT2D eigenvalue weighted by Gasteiger charge is 2.21. The molecule has 1 aromatic rings. The summed E-state index contributed by atoms with van der Waals surface area (Å²) in [4.78, 5) is 3.99. The first-order chi connectivity index (χ1) is 7.30. The van der Waals surface area contributed by atoms with E-state index < -0.39 is 0 Å². The second-order valence-electron chi connectivity index (χ2n) is 5.39. The van der Waals surface area contributed by atoms with Crippen molar-refractivity contribution in [3.05, 3.63) is 29.0 Å². The second kappa shape index (κ2) is 5.15. The molecule has 0 aromatic carbocycles. The van der Waals surface area contributed by atoms with E-state index in [-0.39, 0.29) is 11.5 Å². The summed E-state index contributed by atoms with van der Waals surface area (Å²) < 4.78 is 0. The maximum atomic E-state index is 5.88. The summed E-state index contributed by atoms with van der Waals surface area (Å²) >= 11 is 5.88. The fourth-order valence-corrected chi connectivity index (χ4v) is 1.59. The van der Waals surface area contributed by atoms with Crippen LogP contribution in [0.15, 0.2) is 18.3 Å². The molecule has 0 aliphatic carbocycles. The molecule has 0 bridgehead atoms. The Bertz CT molecular complexity index is 344. The lowest BCUT2D eigenvalue weighted by molar-refractivity contribution is 0.268. The van der Waals surface area contributed by atoms with Gasteiger partial charge in [0.05, 0.1) is 0 Å². The van der Waals surface area contributed by atoms with E-state index in [1.807, 2.05) is 12.1 Å². The van der Waals surface area contributed by atoms with Gasteiger partial charge < -0.3 is 5.32 Å². The van der Waals surface area contributed by atoms with Crippen LogP contribution < -0.4 is 5.32 Å². The van der Waals surface area contributed by atoms with E-state index in [2.05, 4.69) is 44.9 Å². The molecular weight excluding hydrogens is 220 g/mol. The van der Waals surface area contributed by atoms with Crippen molar-refractivity contribution in [2.24, 2.45) is 5.41 Å². The number of nitrogens with one attached hydrogen (secondary N) is 1. The van der Waals surface area contributed by atoms with Gasteiger partial charge in [-0.15, -0.1) is 0 Å². The van der Waals surface area contributed by atoms with Crippen LogP contribution in [0, 0.1) is 5.41 Å². The molecule has 0 spiro atoms. The van der Waals surface area contributed by atoms with Gasteiger partial charge in [-0.1, -0.05) is 32.4 Å². The van der Waals surface area contributed by atoms with Crippen molar-refractivity contribution in [3.63, 3.8) is 0 Å². The van der Waals surface area contributed by atoms with Crippen LogP contribution in [0.1, 0.15) is 46.2 Å². The third kappa shape index (κ3) is 3.76. The Balaban J connectivity index is 2.69. The number of hydrogen-bond acceptors (Lipinski definition) is 2. The van der Waals surface area contributed by atoms with Gasteiger partial charge in [0.15, 0.2) is 0 Å². The Labute approximate surface area is 103 Å². The maximum Gasteiger partial charge on any atom is 0.129 e. The van der Waals surface area contributed by atoms with Crippen molar-refractivity contribution in [2.45, 2.75) is 46.7 Å². The highest BCUT2D eigenvalue weighted by Crippen LogP contribution is 2.23. The molecule has 0 saturated carbocycles. The molecule has 0 aliphatic heterocycles. The molecule has 0 aliphatic rings. The number of nitrogens with zero attached hydrogens (tertiary/aromatic N) is 1. The molecule has 1 rings (SSSR count). The molecule has 0 saturated heterocycles. The molecule has 90 valence electrons. The molecule has 3 heteroatoms. The normalized spacial score (nSPS) is 15.9. The molecule has 0 amide bonds. The zero-order valence-corrected chi connectivity index (χ0v) is 11.5. The number of aromatic nitrogens is 1. The number of hydrogen-bond donors (Lipinski definition) is 1. The molecule has 16 heavy (non-hydrogen) atoms. The third-order valence-corrected chi connectivity index (χ3v) is 3.26. The summed E-state index contributed by atoms with van der Waals surface area (Å²) in [5.41, 5.74) is 1.43. The smallest absolute Gasteiger partial charge is 0.129 e. The molecule has 2 atom stereocenters. The van der Waals surface area contributed by atoms with Gasteiger partial charge in [0.2, 0.25) is 0 Å². The second-order valence-corrected chi connectivity index (χ2v) is 5.78. The summed E-state index contributed by atoms with van der Waals surface area (Å²) in [5, 5.41) is 4.13. The lowest BCUT2D eigenvalue weighted by Gasteiger charge is -2.31. The third-order valence-electron chi connectivity index (χ3n) is 3.05. The first kappa shape index (κ1) is 13.5. The Hall–Kier alpha value is -0.600. The van der Waals surface area contributed by atoms with Crippen LogP contribution in [-0.4, -0.2) is 11.0 Å². The van der Waals surface area contributed by atoms with Gasteiger partial charge in [-0.2, -0.15) is 0 Å². The minimum atomic E-state index is 0.255. The molecular formula is C13H21ClN2. The minimum Gasteiger partial charge on any atom is -0.307 e. The molecule has 2 unspecified atom stereocenters. The molecule has 2 nitrogen and oxygen atoms in total. The SMILES string of the molecule is CC(NC(C)C(C)(C)C)c1ccnc(Cl)c1. The fraction of sp³-hybridized carbons (Fsp3) is 0.615. The predicted octanol–water partition coefficient (Wildman–Crippen LogP) is 3.82.